The number of halogens is 1. The Bertz CT molecular complexity index is 1100. The molecule has 0 spiro atoms. The Morgan fingerprint density at radius 3 is 2.29 bits per heavy atom. The average Bonchev–Trinajstić information content (AvgIpc) is 2.99. The van der Waals surface area contributed by atoms with Crippen LogP contribution in [0.15, 0.2) is 59.5 Å². The lowest BCUT2D eigenvalue weighted by atomic mass is 9.92. The Labute approximate surface area is 180 Å². The molecule has 0 aliphatic carbocycles. The van der Waals surface area contributed by atoms with Crippen molar-refractivity contribution in [2.24, 2.45) is 0 Å². The van der Waals surface area contributed by atoms with E-state index in [1.54, 1.807) is 19.1 Å². The third kappa shape index (κ3) is 3.82. The van der Waals surface area contributed by atoms with Crippen LogP contribution in [-0.4, -0.2) is 62.4 Å². The molecule has 8 nitrogen and oxygen atoms in total. The molecule has 2 aromatic rings. The predicted molar refractivity (Wildman–Crippen MR) is 110 cm³/mol. The van der Waals surface area contributed by atoms with Gasteiger partial charge in [-0.05, 0) is 24.6 Å². The number of urea groups is 1. The minimum Gasteiger partial charge on any atom is -0.319 e. The van der Waals surface area contributed by atoms with Crippen LogP contribution in [0.2, 0.25) is 0 Å². The molecule has 2 aliphatic heterocycles. The van der Waals surface area contributed by atoms with Crippen LogP contribution in [0.25, 0.3) is 0 Å². The minimum atomic E-state index is -3.93. The maximum atomic E-state index is 14.0. The average molecular weight is 448 g/mol. The van der Waals surface area contributed by atoms with Crippen molar-refractivity contribution in [3.8, 4) is 0 Å². The van der Waals surface area contributed by atoms with Gasteiger partial charge in [-0.3, -0.25) is 4.79 Å². The number of carbonyl (C=O) groups is 2. The molecule has 3 amide bonds. The largest absolute Gasteiger partial charge is 0.329 e. The van der Waals surface area contributed by atoms with Gasteiger partial charge in [-0.15, -0.1) is 0 Å². The molecule has 4 rings (SSSR count). The van der Waals surface area contributed by atoms with E-state index in [1.165, 1.54) is 27.4 Å². The number of sulfonamides is 1. The summed E-state index contributed by atoms with van der Waals surface area (Å²) in [6, 6.07) is 13.9. The highest BCUT2D eigenvalue weighted by Crippen LogP contribution is 2.28. The zero-order chi connectivity index (χ0) is 22.2. The molecule has 2 heterocycles. The number of benzene rings is 2. The number of nitrogens with zero attached hydrogens (tertiary/aromatic N) is 2. The summed E-state index contributed by atoms with van der Waals surface area (Å²) in [5.74, 6) is -1.12. The number of amides is 3. The van der Waals surface area contributed by atoms with Crippen molar-refractivity contribution in [1.82, 2.24) is 14.5 Å². The van der Waals surface area contributed by atoms with E-state index in [0.717, 1.165) is 11.0 Å². The number of nitrogens with one attached hydrogen (secondary N) is 2. The molecule has 10 heteroatoms. The van der Waals surface area contributed by atoms with Crippen LogP contribution < -0.4 is 10.2 Å². The standard InChI is InChI=1S/C21H23FN4O4S/c1-21(16-7-3-2-4-8-16)19(27)26(20(28)23-21)15-24-11-13-25(14-12-24)31(29,30)18-10-6-5-9-17(18)22/h2-10H,11-15H2,1H3,(H,23,28)/p+1/t21-/m0/s1. The predicted octanol–water partition coefficient (Wildman–Crippen LogP) is 0.140. The van der Waals surface area contributed by atoms with E-state index in [1.807, 2.05) is 18.2 Å². The van der Waals surface area contributed by atoms with E-state index in [2.05, 4.69) is 5.32 Å². The van der Waals surface area contributed by atoms with Gasteiger partial charge in [0.15, 0.2) is 6.67 Å². The molecule has 0 unspecified atom stereocenters. The summed E-state index contributed by atoms with van der Waals surface area (Å²) in [5.41, 5.74) is -0.431. The fourth-order valence-corrected chi connectivity index (χ4v) is 5.53. The Balaban J connectivity index is 1.42. The molecule has 2 saturated heterocycles. The highest BCUT2D eigenvalue weighted by atomic mass is 32.2. The monoisotopic (exact) mass is 447 g/mol. The van der Waals surface area contributed by atoms with Gasteiger partial charge in [0.1, 0.15) is 16.3 Å². The van der Waals surface area contributed by atoms with E-state index in [9.17, 15) is 22.4 Å². The topological polar surface area (TPSA) is 91.2 Å². The molecule has 2 fully saturated rings. The van der Waals surface area contributed by atoms with E-state index < -0.39 is 27.4 Å². The fourth-order valence-electron chi connectivity index (χ4n) is 4.03. The number of hydrogen-bond donors (Lipinski definition) is 2. The van der Waals surface area contributed by atoms with Gasteiger partial charge in [-0.2, -0.15) is 4.31 Å². The SMILES string of the molecule is C[C@@]1(c2ccccc2)NC(=O)N(C[NH+]2CCN(S(=O)(=O)c3ccccc3F)CC2)C1=O. The number of rotatable bonds is 5. The summed E-state index contributed by atoms with van der Waals surface area (Å²) in [6.45, 7) is 2.95. The molecule has 31 heavy (non-hydrogen) atoms. The Morgan fingerprint density at radius 1 is 1.03 bits per heavy atom. The minimum absolute atomic E-state index is 0.140. The van der Waals surface area contributed by atoms with E-state index >= 15 is 0 Å². The molecule has 0 saturated carbocycles. The Morgan fingerprint density at radius 2 is 1.65 bits per heavy atom. The van der Waals surface area contributed by atoms with Gasteiger partial charge in [0.25, 0.3) is 5.91 Å². The molecule has 1 atom stereocenters. The van der Waals surface area contributed by atoms with Crippen LogP contribution in [0, 0.1) is 5.82 Å². The molecule has 164 valence electrons. The van der Waals surface area contributed by atoms with E-state index in [4.69, 9.17) is 0 Å². The van der Waals surface area contributed by atoms with E-state index in [0.29, 0.717) is 18.7 Å². The summed E-state index contributed by atoms with van der Waals surface area (Å²) >= 11 is 0. The number of imide groups is 1. The maximum absolute atomic E-state index is 14.0. The van der Waals surface area contributed by atoms with Gasteiger partial charge < -0.3 is 10.2 Å². The summed E-state index contributed by atoms with van der Waals surface area (Å²) in [6.07, 6.45) is 0. The zero-order valence-corrected chi connectivity index (χ0v) is 17.9. The number of carbonyl (C=O) groups excluding carboxylic acids is 2. The normalized spacial score (nSPS) is 23.2. The van der Waals surface area contributed by atoms with Crippen molar-refractivity contribution in [2.45, 2.75) is 17.4 Å². The van der Waals surface area contributed by atoms with Gasteiger partial charge in [0.2, 0.25) is 10.0 Å². The van der Waals surface area contributed by atoms with Crippen LogP contribution in [-0.2, 0) is 20.4 Å². The van der Waals surface area contributed by atoms with Crippen molar-refractivity contribution < 1.29 is 27.3 Å². The molecule has 2 aliphatic rings. The highest BCUT2D eigenvalue weighted by Gasteiger charge is 2.50. The smallest absolute Gasteiger partial charge is 0.319 e. The lowest BCUT2D eigenvalue weighted by Crippen LogP contribution is -3.16. The lowest BCUT2D eigenvalue weighted by molar-refractivity contribution is -0.910. The van der Waals surface area contributed by atoms with Crippen LogP contribution in [0.5, 0.6) is 0 Å². The molecule has 0 bridgehead atoms. The summed E-state index contributed by atoms with van der Waals surface area (Å²) < 4.78 is 40.7. The zero-order valence-electron chi connectivity index (χ0n) is 17.0. The first kappa shape index (κ1) is 21.4. The maximum Gasteiger partial charge on any atom is 0.329 e. The van der Waals surface area contributed by atoms with Crippen LogP contribution in [0.4, 0.5) is 9.18 Å². The summed E-state index contributed by atoms with van der Waals surface area (Å²) in [7, 11) is -3.93. The molecular weight excluding hydrogens is 423 g/mol. The summed E-state index contributed by atoms with van der Waals surface area (Å²) in [5, 5.41) is 2.77. The van der Waals surface area contributed by atoms with Crippen LogP contribution in [0.1, 0.15) is 12.5 Å². The molecule has 2 aromatic carbocycles. The highest BCUT2D eigenvalue weighted by molar-refractivity contribution is 7.89. The first-order valence-electron chi connectivity index (χ1n) is 10.0. The number of piperazine rings is 1. The van der Waals surface area contributed by atoms with Crippen molar-refractivity contribution in [3.05, 3.63) is 66.0 Å². The number of hydrogen-bond acceptors (Lipinski definition) is 4. The second-order valence-corrected chi connectivity index (χ2v) is 9.80. The quantitative estimate of drug-likeness (QED) is 0.638. The third-order valence-electron chi connectivity index (χ3n) is 5.89. The molecule has 0 radical (unpaired) electrons. The first-order valence-corrected chi connectivity index (χ1v) is 11.5. The second kappa shape index (κ2) is 8.03. The summed E-state index contributed by atoms with van der Waals surface area (Å²) in [4.78, 5) is 27.3. The molecular formula is C21H24FN4O4S+. The van der Waals surface area contributed by atoms with E-state index in [-0.39, 0.29) is 30.6 Å². The first-order chi connectivity index (χ1) is 14.7. The van der Waals surface area contributed by atoms with Gasteiger partial charge in [-0.25, -0.2) is 22.5 Å². The third-order valence-corrected chi connectivity index (χ3v) is 7.82. The van der Waals surface area contributed by atoms with Crippen LogP contribution >= 0.6 is 0 Å². The number of quaternary nitrogens is 1. The van der Waals surface area contributed by atoms with Crippen LogP contribution in [0.3, 0.4) is 0 Å². The Hall–Kier alpha value is -2.82. The van der Waals surface area contributed by atoms with Gasteiger partial charge in [-0.1, -0.05) is 42.5 Å². The van der Waals surface area contributed by atoms with Crippen molar-refractivity contribution in [1.29, 1.82) is 0 Å². The Kier molecular flexibility index (Phi) is 5.54. The lowest BCUT2D eigenvalue weighted by Gasteiger charge is -2.33. The molecule has 0 aromatic heterocycles. The van der Waals surface area contributed by atoms with Crippen molar-refractivity contribution >= 4 is 22.0 Å². The van der Waals surface area contributed by atoms with Crippen molar-refractivity contribution in [2.75, 3.05) is 32.8 Å². The van der Waals surface area contributed by atoms with Crippen molar-refractivity contribution in [3.63, 3.8) is 0 Å². The fraction of sp³-hybridized carbons (Fsp3) is 0.333. The second-order valence-electron chi connectivity index (χ2n) is 7.90. The van der Waals surface area contributed by atoms with Gasteiger partial charge in [0.05, 0.1) is 26.2 Å². The van der Waals surface area contributed by atoms with Gasteiger partial charge in [0, 0.05) is 0 Å². The van der Waals surface area contributed by atoms with Gasteiger partial charge >= 0.3 is 6.03 Å². The molecule has 2 N–H and O–H groups in total.